The number of ether oxygens (including phenoxy) is 1. The third kappa shape index (κ3) is 1.89. The minimum atomic E-state index is -0.448. The van der Waals surface area contributed by atoms with E-state index in [4.69, 9.17) is 16.3 Å². The molecular formula is C11H9ClN2O3. The largest absolute Gasteiger partial charge is 0.494 e. The number of rotatable bonds is 2. The SMILES string of the molecule is COc1ccc([N+](=O)[O-])c2cc(C)c(Cl)nc12. The van der Waals surface area contributed by atoms with E-state index in [0.717, 1.165) is 0 Å². The predicted octanol–water partition coefficient (Wildman–Crippen LogP) is 3.11. The summed E-state index contributed by atoms with van der Waals surface area (Å²) in [5.41, 5.74) is 1.08. The summed E-state index contributed by atoms with van der Waals surface area (Å²) in [6, 6.07) is 4.56. The minimum Gasteiger partial charge on any atom is -0.494 e. The van der Waals surface area contributed by atoms with Gasteiger partial charge in [-0.1, -0.05) is 11.6 Å². The zero-order chi connectivity index (χ0) is 12.6. The highest BCUT2D eigenvalue weighted by atomic mass is 35.5. The highest BCUT2D eigenvalue weighted by molar-refractivity contribution is 6.30. The zero-order valence-corrected chi connectivity index (χ0v) is 9.99. The molecule has 2 aromatic rings. The highest BCUT2D eigenvalue weighted by Gasteiger charge is 2.17. The predicted molar refractivity (Wildman–Crippen MR) is 64.7 cm³/mol. The number of hydrogen-bond acceptors (Lipinski definition) is 4. The molecule has 0 fully saturated rings. The van der Waals surface area contributed by atoms with Crippen molar-refractivity contribution in [3.05, 3.63) is 39.0 Å². The molecule has 1 aromatic carbocycles. The molecule has 1 aromatic heterocycles. The molecule has 1 heterocycles. The van der Waals surface area contributed by atoms with Crippen molar-refractivity contribution in [2.24, 2.45) is 0 Å². The number of hydrogen-bond donors (Lipinski definition) is 0. The Kier molecular flexibility index (Phi) is 2.85. The second-order valence-corrected chi connectivity index (χ2v) is 3.89. The Hall–Kier alpha value is -1.88. The van der Waals surface area contributed by atoms with Crippen LogP contribution in [0.2, 0.25) is 5.15 Å². The van der Waals surface area contributed by atoms with Crippen LogP contribution >= 0.6 is 11.6 Å². The topological polar surface area (TPSA) is 65.3 Å². The summed E-state index contributed by atoms with van der Waals surface area (Å²) in [4.78, 5) is 14.6. The van der Waals surface area contributed by atoms with Crippen LogP contribution in [0.15, 0.2) is 18.2 Å². The highest BCUT2D eigenvalue weighted by Crippen LogP contribution is 2.33. The number of methoxy groups -OCH3 is 1. The number of aromatic nitrogens is 1. The van der Waals surface area contributed by atoms with Crippen LogP contribution in [-0.2, 0) is 0 Å². The van der Waals surface area contributed by atoms with Gasteiger partial charge < -0.3 is 4.74 Å². The maximum atomic E-state index is 10.9. The zero-order valence-electron chi connectivity index (χ0n) is 9.23. The lowest BCUT2D eigenvalue weighted by Crippen LogP contribution is -1.95. The average molecular weight is 253 g/mol. The van der Waals surface area contributed by atoms with Crippen LogP contribution in [0.4, 0.5) is 5.69 Å². The number of benzene rings is 1. The van der Waals surface area contributed by atoms with Gasteiger partial charge in [0.1, 0.15) is 16.4 Å². The number of pyridine rings is 1. The molecule has 0 saturated carbocycles. The molecule has 0 saturated heterocycles. The summed E-state index contributed by atoms with van der Waals surface area (Å²) in [6.45, 7) is 1.75. The van der Waals surface area contributed by atoms with Crippen LogP contribution in [-0.4, -0.2) is 17.0 Å². The van der Waals surface area contributed by atoms with Crippen LogP contribution in [0.5, 0.6) is 5.75 Å². The molecule has 17 heavy (non-hydrogen) atoms. The molecule has 0 aliphatic rings. The first-order chi connectivity index (χ1) is 8.04. The molecule has 6 heteroatoms. The van der Waals surface area contributed by atoms with E-state index in [-0.39, 0.29) is 5.69 Å². The van der Waals surface area contributed by atoms with E-state index in [1.165, 1.54) is 19.2 Å². The Bertz CT molecular complexity index is 613. The van der Waals surface area contributed by atoms with Gasteiger partial charge in [0.15, 0.2) is 0 Å². The number of nitrogens with zero attached hydrogens (tertiary/aromatic N) is 2. The second-order valence-electron chi connectivity index (χ2n) is 3.54. The van der Waals surface area contributed by atoms with Crippen LogP contribution in [0.3, 0.4) is 0 Å². The molecule has 0 amide bonds. The number of nitro groups is 1. The standard InChI is InChI=1S/C11H9ClN2O3/c1-6-5-7-8(14(15)16)3-4-9(17-2)10(7)13-11(6)12/h3-5H,1-2H3. The first-order valence-electron chi connectivity index (χ1n) is 4.83. The molecule has 0 N–H and O–H groups in total. The van der Waals surface area contributed by atoms with Gasteiger partial charge in [-0.05, 0) is 24.6 Å². The average Bonchev–Trinajstić information content (AvgIpc) is 2.29. The van der Waals surface area contributed by atoms with E-state index in [1.54, 1.807) is 13.0 Å². The smallest absolute Gasteiger partial charge is 0.279 e. The van der Waals surface area contributed by atoms with Gasteiger partial charge in [-0.15, -0.1) is 0 Å². The Morgan fingerprint density at radius 1 is 1.47 bits per heavy atom. The molecule has 0 aliphatic carbocycles. The fourth-order valence-electron chi connectivity index (χ4n) is 1.62. The molecule has 88 valence electrons. The lowest BCUT2D eigenvalue weighted by molar-refractivity contribution is -0.383. The Morgan fingerprint density at radius 3 is 2.76 bits per heavy atom. The fraction of sp³-hybridized carbons (Fsp3) is 0.182. The maximum Gasteiger partial charge on any atom is 0.279 e. The second kappa shape index (κ2) is 4.18. The van der Waals surface area contributed by atoms with Crippen LogP contribution in [0.25, 0.3) is 10.9 Å². The third-order valence-corrected chi connectivity index (χ3v) is 2.85. The maximum absolute atomic E-state index is 10.9. The van der Waals surface area contributed by atoms with Gasteiger partial charge in [-0.25, -0.2) is 4.98 Å². The molecule has 2 rings (SSSR count). The molecule has 0 unspecified atom stereocenters. The van der Waals surface area contributed by atoms with E-state index in [9.17, 15) is 10.1 Å². The summed E-state index contributed by atoms with van der Waals surface area (Å²) in [5, 5.41) is 11.7. The van der Waals surface area contributed by atoms with E-state index >= 15 is 0 Å². The molecule has 0 radical (unpaired) electrons. The summed E-state index contributed by atoms with van der Waals surface area (Å²) in [6.07, 6.45) is 0. The van der Waals surface area contributed by atoms with E-state index < -0.39 is 4.92 Å². The van der Waals surface area contributed by atoms with Crippen molar-refractivity contribution < 1.29 is 9.66 Å². The van der Waals surface area contributed by atoms with Gasteiger partial charge in [-0.2, -0.15) is 0 Å². The Balaban J connectivity index is 2.90. The van der Waals surface area contributed by atoms with Crippen molar-refractivity contribution in [3.8, 4) is 5.75 Å². The van der Waals surface area contributed by atoms with Crippen molar-refractivity contribution in [2.75, 3.05) is 7.11 Å². The molecular weight excluding hydrogens is 244 g/mol. The first kappa shape index (κ1) is 11.6. The van der Waals surface area contributed by atoms with E-state index in [0.29, 0.717) is 27.4 Å². The summed E-state index contributed by atoms with van der Waals surface area (Å²) in [5.74, 6) is 0.465. The van der Waals surface area contributed by atoms with Gasteiger partial charge in [0.05, 0.1) is 17.4 Å². The minimum absolute atomic E-state index is 0.00642. The van der Waals surface area contributed by atoms with Crippen LogP contribution in [0.1, 0.15) is 5.56 Å². The van der Waals surface area contributed by atoms with Crippen molar-refractivity contribution in [1.82, 2.24) is 4.98 Å². The molecule has 0 spiro atoms. The summed E-state index contributed by atoms with van der Waals surface area (Å²) < 4.78 is 5.11. The number of halogens is 1. The van der Waals surface area contributed by atoms with Crippen LogP contribution < -0.4 is 4.74 Å². The number of fused-ring (bicyclic) bond motifs is 1. The van der Waals surface area contributed by atoms with Crippen molar-refractivity contribution in [2.45, 2.75) is 6.92 Å². The van der Waals surface area contributed by atoms with E-state index in [2.05, 4.69) is 4.98 Å². The van der Waals surface area contributed by atoms with Gasteiger partial charge in [0.25, 0.3) is 5.69 Å². The molecule has 0 atom stereocenters. The third-order valence-electron chi connectivity index (χ3n) is 2.47. The van der Waals surface area contributed by atoms with Crippen molar-refractivity contribution in [1.29, 1.82) is 0 Å². The number of non-ortho nitro benzene ring substituents is 1. The Morgan fingerprint density at radius 2 is 2.18 bits per heavy atom. The van der Waals surface area contributed by atoms with Gasteiger partial charge >= 0.3 is 0 Å². The number of nitro benzene ring substituents is 1. The van der Waals surface area contributed by atoms with Crippen molar-refractivity contribution >= 4 is 28.2 Å². The molecule has 0 aliphatic heterocycles. The monoisotopic (exact) mass is 252 g/mol. The summed E-state index contributed by atoms with van der Waals surface area (Å²) in [7, 11) is 1.48. The number of aryl methyl sites for hydroxylation is 1. The molecule has 5 nitrogen and oxygen atoms in total. The Labute approximate surface area is 102 Å². The lowest BCUT2D eigenvalue weighted by Gasteiger charge is -2.07. The van der Waals surface area contributed by atoms with Gasteiger partial charge in [0.2, 0.25) is 0 Å². The quantitative estimate of drug-likeness (QED) is 0.468. The van der Waals surface area contributed by atoms with E-state index in [1.807, 2.05) is 0 Å². The normalized spacial score (nSPS) is 10.5. The van der Waals surface area contributed by atoms with Crippen molar-refractivity contribution in [3.63, 3.8) is 0 Å². The van der Waals surface area contributed by atoms with Gasteiger partial charge in [0, 0.05) is 6.07 Å². The van der Waals surface area contributed by atoms with Gasteiger partial charge in [-0.3, -0.25) is 10.1 Å². The molecule has 0 bridgehead atoms. The first-order valence-corrected chi connectivity index (χ1v) is 5.20. The van der Waals surface area contributed by atoms with Crippen LogP contribution in [0, 0.1) is 17.0 Å². The fourth-order valence-corrected chi connectivity index (χ4v) is 1.76. The lowest BCUT2D eigenvalue weighted by atomic mass is 10.1. The summed E-state index contributed by atoms with van der Waals surface area (Å²) >= 11 is 5.91.